The van der Waals surface area contributed by atoms with E-state index in [1.165, 1.54) is 11.6 Å². The van der Waals surface area contributed by atoms with E-state index >= 15 is 0 Å². The maximum absolute atomic E-state index is 13.4. The van der Waals surface area contributed by atoms with Gasteiger partial charge in [-0.25, -0.2) is 4.39 Å². The van der Waals surface area contributed by atoms with Gasteiger partial charge in [0, 0.05) is 19.5 Å². The molecule has 0 aliphatic rings. The van der Waals surface area contributed by atoms with E-state index in [-0.39, 0.29) is 11.7 Å². The number of benzene rings is 2. The minimum atomic E-state index is -0.216. The highest BCUT2D eigenvalue weighted by Gasteiger charge is 2.03. The Hall–Kier alpha value is -2.20. The summed E-state index contributed by atoms with van der Waals surface area (Å²) in [5, 5.41) is 6.11. The van der Waals surface area contributed by atoms with Crippen LogP contribution >= 0.6 is 0 Å². The third-order valence-corrected chi connectivity index (χ3v) is 3.87. The van der Waals surface area contributed by atoms with E-state index in [1.54, 1.807) is 18.2 Å². The molecule has 128 valence electrons. The molecule has 2 N–H and O–H groups in total. The van der Waals surface area contributed by atoms with Crippen LogP contribution in [0.1, 0.15) is 24.0 Å². The number of carbonyl (C=O) groups is 1. The van der Waals surface area contributed by atoms with Crippen LogP contribution in [0.3, 0.4) is 0 Å². The van der Waals surface area contributed by atoms with Crippen molar-refractivity contribution >= 4 is 5.91 Å². The van der Waals surface area contributed by atoms with E-state index in [1.807, 2.05) is 6.07 Å². The number of carbonyl (C=O) groups excluding carboxylic acids is 1. The number of rotatable bonds is 10. The van der Waals surface area contributed by atoms with Crippen LogP contribution in [0.25, 0.3) is 0 Å². The highest BCUT2D eigenvalue weighted by atomic mass is 19.1. The molecule has 2 rings (SSSR count). The highest BCUT2D eigenvalue weighted by Crippen LogP contribution is 2.06. The summed E-state index contributed by atoms with van der Waals surface area (Å²) < 4.78 is 13.4. The van der Waals surface area contributed by atoms with Crippen molar-refractivity contribution in [2.45, 2.75) is 25.7 Å². The summed E-state index contributed by atoms with van der Waals surface area (Å²) in [6.07, 6.45) is 3.06. The van der Waals surface area contributed by atoms with Crippen molar-refractivity contribution in [3.05, 3.63) is 71.5 Å². The quantitative estimate of drug-likeness (QED) is 0.658. The first-order valence-electron chi connectivity index (χ1n) is 8.50. The Balaban J connectivity index is 1.49. The molecule has 0 aromatic heterocycles. The normalized spacial score (nSPS) is 10.5. The Morgan fingerprint density at radius 1 is 0.875 bits per heavy atom. The zero-order chi connectivity index (χ0) is 17.0. The summed E-state index contributed by atoms with van der Waals surface area (Å²) in [6.45, 7) is 2.03. The van der Waals surface area contributed by atoms with Crippen LogP contribution in [0, 0.1) is 5.82 Å². The highest BCUT2D eigenvalue weighted by molar-refractivity contribution is 5.76. The standard InChI is InChI=1S/C20H25FN2O/c21-19-11-5-4-10-18(19)12-16-23-20(24)13-15-22-14-6-9-17-7-2-1-3-8-17/h1-5,7-8,10-11,22H,6,9,12-16H2,(H,23,24). The largest absolute Gasteiger partial charge is 0.356 e. The average Bonchev–Trinajstić information content (AvgIpc) is 2.60. The Kier molecular flexibility index (Phi) is 7.98. The Bertz CT molecular complexity index is 616. The first-order chi connectivity index (χ1) is 11.8. The molecule has 0 unspecified atom stereocenters. The molecular formula is C20H25FN2O. The van der Waals surface area contributed by atoms with Gasteiger partial charge in [-0.3, -0.25) is 4.79 Å². The summed E-state index contributed by atoms with van der Waals surface area (Å²) >= 11 is 0. The molecule has 0 spiro atoms. The van der Waals surface area contributed by atoms with Crippen molar-refractivity contribution in [3.8, 4) is 0 Å². The van der Waals surface area contributed by atoms with Gasteiger partial charge in [-0.05, 0) is 43.0 Å². The van der Waals surface area contributed by atoms with Crippen LogP contribution < -0.4 is 10.6 Å². The van der Waals surface area contributed by atoms with Gasteiger partial charge in [0.05, 0.1) is 0 Å². The van der Waals surface area contributed by atoms with Gasteiger partial charge in [0.15, 0.2) is 0 Å². The maximum Gasteiger partial charge on any atom is 0.221 e. The summed E-state index contributed by atoms with van der Waals surface area (Å²) in [5.74, 6) is -0.214. The molecule has 24 heavy (non-hydrogen) atoms. The molecule has 0 bridgehead atoms. The predicted molar refractivity (Wildman–Crippen MR) is 95.4 cm³/mol. The SMILES string of the molecule is O=C(CCNCCCc1ccccc1)NCCc1ccccc1F. The fraction of sp³-hybridized carbons (Fsp3) is 0.350. The molecule has 2 aromatic carbocycles. The second kappa shape index (κ2) is 10.6. The van der Waals surface area contributed by atoms with Gasteiger partial charge in [-0.15, -0.1) is 0 Å². The van der Waals surface area contributed by atoms with Gasteiger partial charge in [-0.1, -0.05) is 48.5 Å². The zero-order valence-corrected chi connectivity index (χ0v) is 13.9. The Labute approximate surface area is 143 Å². The summed E-state index contributed by atoms with van der Waals surface area (Å²) in [4.78, 5) is 11.7. The van der Waals surface area contributed by atoms with Gasteiger partial charge in [-0.2, -0.15) is 0 Å². The van der Waals surface area contributed by atoms with Crippen LogP contribution in [0.5, 0.6) is 0 Å². The van der Waals surface area contributed by atoms with E-state index < -0.39 is 0 Å². The lowest BCUT2D eigenvalue weighted by atomic mass is 10.1. The maximum atomic E-state index is 13.4. The van der Waals surface area contributed by atoms with Crippen LogP contribution in [0.2, 0.25) is 0 Å². The van der Waals surface area contributed by atoms with Crippen molar-refractivity contribution in [3.63, 3.8) is 0 Å². The summed E-state index contributed by atoms with van der Waals surface area (Å²) in [5.41, 5.74) is 1.97. The smallest absolute Gasteiger partial charge is 0.221 e. The number of halogens is 1. The molecule has 3 nitrogen and oxygen atoms in total. The lowest BCUT2D eigenvalue weighted by molar-refractivity contribution is -0.120. The molecule has 0 aliphatic carbocycles. The molecule has 0 radical (unpaired) electrons. The molecule has 0 aliphatic heterocycles. The molecule has 0 saturated heterocycles. The average molecular weight is 328 g/mol. The number of nitrogens with one attached hydrogen (secondary N) is 2. The third kappa shape index (κ3) is 6.92. The van der Waals surface area contributed by atoms with Gasteiger partial charge in [0.2, 0.25) is 5.91 Å². The third-order valence-electron chi connectivity index (χ3n) is 3.87. The first-order valence-corrected chi connectivity index (χ1v) is 8.50. The van der Waals surface area contributed by atoms with Crippen molar-refractivity contribution < 1.29 is 9.18 Å². The molecule has 0 fully saturated rings. The zero-order valence-electron chi connectivity index (χ0n) is 13.9. The van der Waals surface area contributed by atoms with Crippen molar-refractivity contribution in [2.24, 2.45) is 0 Å². The van der Waals surface area contributed by atoms with E-state index in [0.29, 0.717) is 31.5 Å². The second-order valence-electron chi connectivity index (χ2n) is 5.78. The van der Waals surface area contributed by atoms with Crippen LogP contribution in [0.15, 0.2) is 54.6 Å². The lowest BCUT2D eigenvalue weighted by Crippen LogP contribution is -2.29. The number of amides is 1. The van der Waals surface area contributed by atoms with Crippen molar-refractivity contribution in [2.75, 3.05) is 19.6 Å². The molecular weight excluding hydrogens is 303 g/mol. The fourth-order valence-corrected chi connectivity index (χ4v) is 2.52. The lowest BCUT2D eigenvalue weighted by Gasteiger charge is -2.07. The topological polar surface area (TPSA) is 41.1 Å². The van der Waals surface area contributed by atoms with Crippen molar-refractivity contribution in [1.82, 2.24) is 10.6 Å². The summed E-state index contributed by atoms with van der Waals surface area (Å²) in [6, 6.07) is 17.0. The molecule has 0 heterocycles. The second-order valence-corrected chi connectivity index (χ2v) is 5.78. The number of hydrogen-bond acceptors (Lipinski definition) is 2. The monoisotopic (exact) mass is 328 g/mol. The molecule has 4 heteroatoms. The fourth-order valence-electron chi connectivity index (χ4n) is 2.52. The van der Waals surface area contributed by atoms with Gasteiger partial charge < -0.3 is 10.6 Å². The molecule has 0 saturated carbocycles. The minimum absolute atomic E-state index is 0.00176. The first kappa shape index (κ1) is 18.1. The summed E-state index contributed by atoms with van der Waals surface area (Å²) in [7, 11) is 0. The number of hydrogen-bond donors (Lipinski definition) is 2. The van der Waals surface area contributed by atoms with Gasteiger partial charge in [0.1, 0.15) is 5.82 Å². The van der Waals surface area contributed by atoms with Gasteiger partial charge in [0.25, 0.3) is 0 Å². The van der Waals surface area contributed by atoms with E-state index in [4.69, 9.17) is 0 Å². The molecule has 1 amide bonds. The van der Waals surface area contributed by atoms with E-state index in [0.717, 1.165) is 19.4 Å². The predicted octanol–water partition coefficient (Wildman–Crippen LogP) is 3.10. The van der Waals surface area contributed by atoms with Crippen molar-refractivity contribution in [1.29, 1.82) is 0 Å². The molecule has 2 aromatic rings. The molecule has 0 atom stereocenters. The van der Waals surface area contributed by atoms with E-state index in [9.17, 15) is 9.18 Å². The van der Waals surface area contributed by atoms with Crippen LogP contribution in [-0.2, 0) is 17.6 Å². The van der Waals surface area contributed by atoms with E-state index in [2.05, 4.69) is 34.9 Å². The van der Waals surface area contributed by atoms with Crippen LogP contribution in [-0.4, -0.2) is 25.5 Å². The Morgan fingerprint density at radius 2 is 1.62 bits per heavy atom. The number of aryl methyl sites for hydroxylation is 1. The Morgan fingerprint density at radius 3 is 2.42 bits per heavy atom. The minimum Gasteiger partial charge on any atom is -0.356 e. The van der Waals surface area contributed by atoms with Gasteiger partial charge >= 0.3 is 0 Å². The van der Waals surface area contributed by atoms with Crippen LogP contribution in [0.4, 0.5) is 4.39 Å².